The Labute approximate surface area is 283 Å². The number of anilines is 1. The van der Waals surface area contributed by atoms with Gasteiger partial charge < -0.3 is 29.5 Å². The Kier molecular flexibility index (Phi) is 10.1. The number of hydrogen-bond acceptors (Lipinski definition) is 9. The number of nitrogens with zero attached hydrogens (tertiary/aromatic N) is 7. The number of ether oxygens (including phenoxy) is 2. The molecule has 6 rings (SSSR count). The highest BCUT2D eigenvalue weighted by Gasteiger charge is 2.38. The molecule has 4 aromatic rings. The molecule has 0 saturated carbocycles. The van der Waals surface area contributed by atoms with Gasteiger partial charge in [0.1, 0.15) is 17.3 Å². The number of hydrogen-bond donors (Lipinski definition) is 1. The smallest absolute Gasteiger partial charge is 0.254 e. The Morgan fingerprint density at radius 2 is 1.78 bits per heavy atom. The fourth-order valence-corrected chi connectivity index (χ4v) is 6.19. The number of fused-ring (bicyclic) bond motifs is 5. The molecule has 3 aromatic carbocycles. The molecular formula is C35H39FN8O5. The van der Waals surface area contributed by atoms with Gasteiger partial charge in [-0.3, -0.25) is 14.4 Å². The van der Waals surface area contributed by atoms with Gasteiger partial charge in [-0.05, 0) is 78.7 Å². The molecular weight excluding hydrogens is 631 g/mol. The van der Waals surface area contributed by atoms with E-state index in [0.717, 1.165) is 5.69 Å². The summed E-state index contributed by atoms with van der Waals surface area (Å²) in [5, 5.41) is 15.4. The molecule has 0 radical (unpaired) electrons. The Morgan fingerprint density at radius 1 is 1.00 bits per heavy atom. The number of amides is 3. The second-order valence-electron chi connectivity index (χ2n) is 12.0. The molecule has 49 heavy (non-hydrogen) atoms. The van der Waals surface area contributed by atoms with Crippen molar-refractivity contribution in [3.8, 4) is 17.2 Å². The van der Waals surface area contributed by atoms with E-state index in [1.807, 2.05) is 56.0 Å². The van der Waals surface area contributed by atoms with Crippen LogP contribution in [0.5, 0.6) is 11.5 Å². The van der Waals surface area contributed by atoms with Crippen LogP contribution in [0.1, 0.15) is 53.5 Å². The molecule has 13 nitrogen and oxygen atoms in total. The minimum Gasteiger partial charge on any atom is -0.457 e. The van der Waals surface area contributed by atoms with Gasteiger partial charge in [-0.1, -0.05) is 30.2 Å². The molecule has 2 atom stereocenters. The third kappa shape index (κ3) is 7.54. The zero-order valence-corrected chi connectivity index (χ0v) is 27.7. The van der Waals surface area contributed by atoms with Crippen molar-refractivity contribution >= 4 is 23.7 Å². The molecule has 1 fully saturated rings. The van der Waals surface area contributed by atoms with E-state index in [0.29, 0.717) is 50.7 Å². The lowest BCUT2D eigenvalue weighted by Gasteiger charge is -2.25. The van der Waals surface area contributed by atoms with Crippen molar-refractivity contribution in [3.05, 3.63) is 89.2 Å². The first kappa shape index (κ1) is 33.5. The Balaban J connectivity index is 1.35. The zero-order valence-electron chi connectivity index (χ0n) is 27.7. The first-order valence-electron chi connectivity index (χ1n) is 16.5. The predicted octanol–water partition coefficient (Wildman–Crippen LogP) is 3.83. The normalized spacial score (nSPS) is 18.1. The van der Waals surface area contributed by atoms with Gasteiger partial charge in [0.25, 0.3) is 17.8 Å². The number of carbonyl (C=O) groups excluding carboxylic acids is 3. The molecule has 0 unspecified atom stereocenters. The third-order valence-corrected chi connectivity index (χ3v) is 8.55. The first-order valence-corrected chi connectivity index (χ1v) is 16.5. The molecule has 14 heteroatoms. The maximum absolute atomic E-state index is 14.9. The second-order valence-corrected chi connectivity index (χ2v) is 12.0. The highest BCUT2D eigenvalue weighted by atomic mass is 19.1. The van der Waals surface area contributed by atoms with Crippen LogP contribution in [-0.4, -0.2) is 99.1 Å². The maximum atomic E-state index is 14.9. The van der Waals surface area contributed by atoms with Gasteiger partial charge in [0.2, 0.25) is 5.91 Å². The van der Waals surface area contributed by atoms with Crippen molar-refractivity contribution in [2.24, 2.45) is 0 Å². The van der Waals surface area contributed by atoms with Crippen LogP contribution >= 0.6 is 0 Å². The van der Waals surface area contributed by atoms with Gasteiger partial charge in [-0.2, -0.15) is 4.68 Å². The van der Waals surface area contributed by atoms with E-state index in [4.69, 9.17) is 9.47 Å². The van der Waals surface area contributed by atoms with E-state index in [1.54, 1.807) is 21.7 Å². The summed E-state index contributed by atoms with van der Waals surface area (Å²) in [5.41, 5.74) is 1.70. The molecule has 3 heterocycles. The van der Waals surface area contributed by atoms with Crippen LogP contribution in [0.4, 0.5) is 10.3 Å². The average Bonchev–Trinajstić information content (AvgIpc) is 3.74. The lowest BCUT2D eigenvalue weighted by Crippen LogP contribution is -2.49. The summed E-state index contributed by atoms with van der Waals surface area (Å²) in [7, 11) is 0. The van der Waals surface area contributed by atoms with Crippen LogP contribution in [0.15, 0.2) is 66.7 Å². The summed E-state index contributed by atoms with van der Waals surface area (Å²) in [6, 6.07) is 17.7. The summed E-state index contributed by atoms with van der Waals surface area (Å²) in [6.45, 7) is 7.36. The highest BCUT2D eigenvalue weighted by Crippen LogP contribution is 2.29. The molecule has 4 bridgehead atoms. The molecule has 1 saturated heterocycles. The van der Waals surface area contributed by atoms with Gasteiger partial charge in [0.05, 0.1) is 31.0 Å². The van der Waals surface area contributed by atoms with Crippen molar-refractivity contribution in [2.45, 2.75) is 45.9 Å². The minimum atomic E-state index is -0.544. The van der Waals surface area contributed by atoms with Gasteiger partial charge in [-0.15, -0.1) is 0 Å². The van der Waals surface area contributed by atoms with Crippen molar-refractivity contribution < 1.29 is 28.2 Å². The van der Waals surface area contributed by atoms with Crippen LogP contribution < -0.4 is 15.0 Å². The molecule has 2 aliphatic heterocycles. The lowest BCUT2D eigenvalue weighted by molar-refractivity contribution is -0.123. The monoisotopic (exact) mass is 670 g/mol. The number of para-hydroxylation sites is 1. The zero-order chi connectivity index (χ0) is 34.5. The molecule has 1 N–H and O–H groups in total. The van der Waals surface area contributed by atoms with E-state index < -0.39 is 23.9 Å². The van der Waals surface area contributed by atoms with E-state index in [9.17, 15) is 18.8 Å². The number of carbonyl (C=O) groups is 3. The van der Waals surface area contributed by atoms with Crippen LogP contribution in [0.2, 0.25) is 0 Å². The summed E-state index contributed by atoms with van der Waals surface area (Å²) in [6.07, 6.45) is 0.0690. The van der Waals surface area contributed by atoms with E-state index in [2.05, 4.69) is 20.8 Å². The average molecular weight is 671 g/mol. The van der Waals surface area contributed by atoms with Crippen molar-refractivity contribution in [1.29, 1.82) is 0 Å². The van der Waals surface area contributed by atoms with Crippen LogP contribution in [0, 0.1) is 5.82 Å². The largest absolute Gasteiger partial charge is 0.457 e. The van der Waals surface area contributed by atoms with Crippen molar-refractivity contribution in [1.82, 2.24) is 35.3 Å². The number of rotatable bonds is 7. The number of nitrogens with one attached hydrogen (secondary N) is 1. The van der Waals surface area contributed by atoms with Crippen molar-refractivity contribution in [3.63, 3.8) is 0 Å². The molecule has 3 amide bonds. The number of halogens is 1. The van der Waals surface area contributed by atoms with Crippen LogP contribution in [0.25, 0.3) is 5.69 Å². The Morgan fingerprint density at radius 3 is 2.53 bits per heavy atom. The van der Waals surface area contributed by atoms with E-state index >= 15 is 0 Å². The molecule has 256 valence electrons. The first-order chi connectivity index (χ1) is 23.8. The minimum absolute atomic E-state index is 0.0226. The summed E-state index contributed by atoms with van der Waals surface area (Å²) >= 11 is 0. The Bertz CT molecular complexity index is 1810. The third-order valence-electron chi connectivity index (χ3n) is 8.55. The predicted molar refractivity (Wildman–Crippen MR) is 178 cm³/mol. The summed E-state index contributed by atoms with van der Waals surface area (Å²) in [5.74, 6) is -0.791. The Hall–Kier alpha value is -5.37. The van der Waals surface area contributed by atoms with Crippen molar-refractivity contribution in [2.75, 3.05) is 44.2 Å². The SMILES string of the molecule is CCCN1CC(=O)N[C@@H]2CN(c3nnnn3-c3ccccc3)C[C@H]2OCc2cc(F)cc(c2)Oc2cc(C(=O)N(CC)CC)cc(c2)C1=O. The van der Waals surface area contributed by atoms with E-state index in [1.165, 1.54) is 29.2 Å². The quantitative estimate of drug-likeness (QED) is 0.311. The van der Waals surface area contributed by atoms with Gasteiger partial charge in [-0.25, -0.2) is 4.39 Å². The molecule has 0 spiro atoms. The molecule has 1 aromatic heterocycles. The van der Waals surface area contributed by atoms with Gasteiger partial charge in [0, 0.05) is 49.9 Å². The summed E-state index contributed by atoms with van der Waals surface area (Å²) in [4.78, 5) is 46.0. The highest BCUT2D eigenvalue weighted by molar-refractivity contribution is 6.01. The summed E-state index contributed by atoms with van der Waals surface area (Å²) < 4.78 is 29.0. The van der Waals surface area contributed by atoms with Crippen LogP contribution in [-0.2, 0) is 16.1 Å². The number of benzene rings is 3. The number of tetrazole rings is 1. The van der Waals surface area contributed by atoms with E-state index in [-0.39, 0.29) is 47.6 Å². The maximum Gasteiger partial charge on any atom is 0.254 e. The second kappa shape index (κ2) is 14.8. The van der Waals surface area contributed by atoms with Crippen LogP contribution in [0.3, 0.4) is 0 Å². The standard InChI is InChI=1S/C35H39FN8O5/c1-4-12-42-21-32(45)37-30-19-43(35-38-39-40-44(35)27-10-8-7-9-11-27)20-31(30)48-22-23-13-26(36)18-28(14-23)49-29-16-24(15-25(17-29)34(42)47)33(46)41(5-2)6-3/h7-11,13-18,30-31H,4-6,12,19-22H2,1-3H3,(H,37,45)/t30-,31-/m1/s1. The molecule has 0 aliphatic carbocycles. The van der Waals surface area contributed by atoms with Gasteiger partial charge >= 0.3 is 0 Å². The fourth-order valence-electron chi connectivity index (χ4n) is 6.19. The fraction of sp³-hybridized carbons (Fsp3) is 0.371. The lowest BCUT2D eigenvalue weighted by atomic mass is 10.1. The number of aromatic nitrogens is 4. The van der Waals surface area contributed by atoms with Gasteiger partial charge in [0.15, 0.2) is 0 Å². The molecule has 2 aliphatic rings. The topological polar surface area (TPSA) is 135 Å².